The Morgan fingerprint density at radius 2 is 1.78 bits per heavy atom. The molecule has 15 heteroatoms. The minimum atomic E-state index is -2.75. The summed E-state index contributed by atoms with van der Waals surface area (Å²) in [7, 11) is 0. The summed E-state index contributed by atoms with van der Waals surface area (Å²) in [5.74, 6) is -6.93. The standard InChI is InChI=1S/C35H39F4N7O3S/c1-22(2)46-28(10-13-40-46)32(48)44-31(25-8-11-34(36,37)12-9-25)27-19-45-29(42-27)15-26(18-41-45)33(43-30(47)14-24-16-35(38,39)17-24)50-21-49-20-23-6-4-3-5-7-23/h3-7,10,13,15,18-19,21-22,24-25,31,33H,8-9,11-12,14,16-17,20H2,1-2H3,(H-,43,44,47,48)/p+1/t31-,33?/m0/s1. The van der Waals surface area contributed by atoms with Gasteiger partial charge < -0.3 is 10.6 Å². The molecule has 0 bridgehead atoms. The van der Waals surface area contributed by atoms with Crippen molar-refractivity contribution in [1.29, 1.82) is 0 Å². The molecule has 1 unspecified atom stereocenters. The summed E-state index contributed by atoms with van der Waals surface area (Å²) in [6, 6.07) is 12.2. The van der Waals surface area contributed by atoms with Gasteiger partial charge in [0.2, 0.25) is 17.8 Å². The molecular formula is C35H40F4N7O3S+. The first-order chi connectivity index (χ1) is 23.9. The van der Waals surface area contributed by atoms with Crippen LogP contribution in [0.1, 0.15) is 104 Å². The van der Waals surface area contributed by atoms with Gasteiger partial charge in [0.25, 0.3) is 12.5 Å². The smallest absolute Gasteiger partial charge is 0.342 e. The summed E-state index contributed by atoms with van der Waals surface area (Å²) < 4.78 is 64.1. The molecule has 2 N–H and O–H groups in total. The highest BCUT2D eigenvalue weighted by molar-refractivity contribution is 8.12. The molecule has 3 aromatic heterocycles. The van der Waals surface area contributed by atoms with Gasteiger partial charge in [-0.2, -0.15) is 10.2 Å². The Morgan fingerprint density at radius 3 is 2.48 bits per heavy atom. The van der Waals surface area contributed by atoms with Gasteiger partial charge in [0.1, 0.15) is 11.1 Å². The van der Waals surface area contributed by atoms with E-state index in [0.717, 1.165) is 5.56 Å². The van der Waals surface area contributed by atoms with Gasteiger partial charge in [-0.1, -0.05) is 18.2 Å². The fourth-order valence-corrected chi connectivity index (χ4v) is 7.29. The Hall–Kier alpha value is -4.27. The second kappa shape index (κ2) is 14.9. The largest absolute Gasteiger partial charge is 0.345 e. The molecule has 2 amide bonds. The van der Waals surface area contributed by atoms with Crippen molar-refractivity contribution in [3.05, 3.63) is 83.6 Å². The zero-order chi connectivity index (χ0) is 35.5. The zero-order valence-corrected chi connectivity index (χ0v) is 28.6. The third kappa shape index (κ3) is 8.71. The van der Waals surface area contributed by atoms with E-state index < -0.39 is 35.1 Å². The summed E-state index contributed by atoms with van der Waals surface area (Å²) in [5, 5.41) is 14.1. The van der Waals surface area contributed by atoms with Crippen LogP contribution < -0.4 is 10.6 Å². The second-order valence-corrected chi connectivity index (χ2v) is 14.4. The first-order valence-corrected chi connectivity index (χ1v) is 17.7. The maximum atomic E-state index is 14.2. The van der Waals surface area contributed by atoms with Gasteiger partial charge in [0, 0.05) is 55.5 Å². The second-order valence-electron chi connectivity index (χ2n) is 13.5. The lowest BCUT2D eigenvalue weighted by atomic mass is 9.79. The number of carbonyl (C=O) groups is 2. The number of carbonyl (C=O) groups excluding carboxylic acids is 3. The molecule has 10 nitrogen and oxygen atoms in total. The number of aromatic nitrogens is 5. The molecule has 0 aliphatic heterocycles. The van der Waals surface area contributed by atoms with Crippen LogP contribution in [0.15, 0.2) is 61.1 Å². The third-order valence-corrected chi connectivity index (χ3v) is 10.1. The normalized spacial score (nSPS) is 19.0. The summed E-state index contributed by atoms with van der Waals surface area (Å²) in [5.41, 5.74) is 4.27. The number of benzene rings is 1. The number of nitrogens with zero attached hydrogens (tertiary/aromatic N) is 5. The molecule has 2 saturated carbocycles. The molecule has 2 atom stereocenters. The van der Waals surface area contributed by atoms with E-state index in [4.69, 9.17) is 9.41 Å². The fourth-order valence-electron chi connectivity index (χ4n) is 6.54. The monoisotopic (exact) mass is 714 g/mol. The molecule has 2 fully saturated rings. The quantitative estimate of drug-likeness (QED) is 0.0666. The highest BCUT2D eigenvalue weighted by atomic mass is 32.2. The van der Waals surface area contributed by atoms with Crippen molar-refractivity contribution in [3.63, 3.8) is 0 Å². The number of halogens is 4. The number of thioether (sulfide) groups is 1. The molecule has 6 rings (SSSR count). The lowest BCUT2D eigenvalue weighted by Crippen LogP contribution is -2.39. The lowest BCUT2D eigenvalue weighted by molar-refractivity contribution is -0.133. The number of hydrogen-bond acceptors (Lipinski definition) is 6. The number of nitrogens with one attached hydrogen (secondary N) is 2. The topological polar surface area (TPSA) is 118 Å². The van der Waals surface area contributed by atoms with Crippen LogP contribution >= 0.6 is 11.8 Å². The van der Waals surface area contributed by atoms with E-state index >= 15 is 0 Å². The number of imidazole rings is 1. The number of fused-ring (bicyclic) bond motifs is 1. The van der Waals surface area contributed by atoms with Crippen LogP contribution in [0.2, 0.25) is 0 Å². The van der Waals surface area contributed by atoms with E-state index in [1.807, 2.05) is 44.2 Å². The first kappa shape index (κ1) is 35.6. The van der Waals surface area contributed by atoms with Crippen LogP contribution in [0.5, 0.6) is 0 Å². The molecule has 2 aliphatic rings. The Bertz CT molecular complexity index is 1810. The minimum Gasteiger partial charge on any atom is -0.342 e. The van der Waals surface area contributed by atoms with Crippen molar-refractivity contribution in [3.8, 4) is 0 Å². The molecule has 4 aromatic rings. The van der Waals surface area contributed by atoms with Crippen molar-refractivity contribution in [2.75, 3.05) is 0 Å². The van der Waals surface area contributed by atoms with Crippen LogP contribution in [0.3, 0.4) is 0 Å². The molecule has 2 aliphatic carbocycles. The fraction of sp³-hybridized carbons (Fsp3) is 0.486. The van der Waals surface area contributed by atoms with Crippen LogP contribution in [0.25, 0.3) is 5.65 Å². The number of rotatable bonds is 13. The highest BCUT2D eigenvalue weighted by Gasteiger charge is 2.46. The maximum Gasteiger partial charge on any atom is 0.345 e. The van der Waals surface area contributed by atoms with Gasteiger partial charge >= 0.3 is 5.62 Å². The van der Waals surface area contributed by atoms with Crippen molar-refractivity contribution >= 4 is 34.8 Å². The summed E-state index contributed by atoms with van der Waals surface area (Å²) in [6.07, 6.45) is 3.94. The van der Waals surface area contributed by atoms with Gasteiger partial charge in [0.05, 0.1) is 24.1 Å². The first-order valence-electron chi connectivity index (χ1n) is 16.7. The van der Waals surface area contributed by atoms with Crippen molar-refractivity contribution in [2.24, 2.45) is 11.8 Å². The van der Waals surface area contributed by atoms with Gasteiger partial charge in [-0.3, -0.25) is 14.3 Å². The third-order valence-electron chi connectivity index (χ3n) is 9.19. The average Bonchev–Trinajstić information content (AvgIpc) is 3.73. The van der Waals surface area contributed by atoms with Crippen molar-refractivity contribution in [2.45, 2.75) is 94.7 Å². The predicted molar refractivity (Wildman–Crippen MR) is 180 cm³/mol. The van der Waals surface area contributed by atoms with Crippen LogP contribution in [0, 0.1) is 11.8 Å². The molecule has 1 aromatic carbocycles. The SMILES string of the molecule is CC(C)n1nccc1C(=O)N[C@H](c1cn2ncc(C(NC(=O)CC3CC(F)(F)C3)SC=[O+]Cc3ccccc3)cc2n1)C1CCC(F)(F)CC1. The van der Waals surface area contributed by atoms with Crippen molar-refractivity contribution < 1.29 is 31.6 Å². The summed E-state index contributed by atoms with van der Waals surface area (Å²) in [6.45, 7) is 4.12. The molecule has 3 heterocycles. The minimum absolute atomic E-state index is 0.0295. The van der Waals surface area contributed by atoms with Gasteiger partial charge in [-0.15, -0.1) is 0 Å². The van der Waals surface area contributed by atoms with E-state index in [2.05, 4.69) is 20.8 Å². The van der Waals surface area contributed by atoms with E-state index in [1.54, 1.807) is 35.4 Å². The zero-order valence-electron chi connectivity index (χ0n) is 27.8. The molecule has 0 saturated heterocycles. The van der Waals surface area contributed by atoms with Gasteiger partial charge in [-0.25, -0.2) is 31.5 Å². The molecule has 50 heavy (non-hydrogen) atoms. The number of alkyl halides is 4. The Labute approximate surface area is 291 Å². The molecule has 0 radical (unpaired) electrons. The van der Waals surface area contributed by atoms with Crippen LogP contribution in [0.4, 0.5) is 17.6 Å². The lowest BCUT2D eigenvalue weighted by Gasteiger charge is -2.34. The van der Waals surface area contributed by atoms with E-state index in [1.165, 1.54) is 21.9 Å². The van der Waals surface area contributed by atoms with Gasteiger partial charge in [0.15, 0.2) is 5.65 Å². The van der Waals surface area contributed by atoms with Crippen molar-refractivity contribution in [1.82, 2.24) is 35.0 Å². The average molecular weight is 715 g/mol. The number of hydrogen-bond donors (Lipinski definition) is 2. The van der Waals surface area contributed by atoms with Crippen LogP contribution in [-0.4, -0.2) is 53.7 Å². The summed E-state index contributed by atoms with van der Waals surface area (Å²) in [4.78, 5) is 31.3. The predicted octanol–water partition coefficient (Wildman–Crippen LogP) is 7.01. The maximum absolute atomic E-state index is 14.2. The Balaban J connectivity index is 1.24. The van der Waals surface area contributed by atoms with E-state index in [9.17, 15) is 27.2 Å². The summed E-state index contributed by atoms with van der Waals surface area (Å²) >= 11 is 1.19. The van der Waals surface area contributed by atoms with Gasteiger partial charge in [-0.05, 0) is 74.6 Å². The Kier molecular flexibility index (Phi) is 10.6. The van der Waals surface area contributed by atoms with E-state index in [0.29, 0.717) is 29.2 Å². The van der Waals surface area contributed by atoms with Crippen LogP contribution in [-0.2, 0) is 15.8 Å². The molecular weight excluding hydrogens is 674 g/mol. The molecule has 266 valence electrons. The molecule has 0 spiro atoms. The number of amides is 2. The Morgan fingerprint density at radius 1 is 1.04 bits per heavy atom. The highest BCUT2D eigenvalue weighted by Crippen LogP contribution is 2.44. The van der Waals surface area contributed by atoms with E-state index in [-0.39, 0.29) is 62.8 Å².